The molecular formula is C19H15F3N4O2. The summed E-state index contributed by atoms with van der Waals surface area (Å²) >= 11 is 0. The SMILES string of the molecule is COc1cccc(NC(=O)c2cnc(Nc3ccccc3C(F)(F)F)cn2)c1. The van der Waals surface area contributed by atoms with E-state index in [1.54, 1.807) is 24.3 Å². The molecule has 0 radical (unpaired) electrons. The van der Waals surface area contributed by atoms with Crippen molar-refractivity contribution in [2.75, 3.05) is 17.7 Å². The number of benzene rings is 2. The van der Waals surface area contributed by atoms with Crippen LogP contribution in [-0.2, 0) is 6.18 Å². The van der Waals surface area contributed by atoms with Crippen LogP contribution in [0.25, 0.3) is 0 Å². The Balaban J connectivity index is 1.73. The van der Waals surface area contributed by atoms with Crippen molar-refractivity contribution in [1.82, 2.24) is 9.97 Å². The van der Waals surface area contributed by atoms with E-state index in [4.69, 9.17) is 4.74 Å². The number of nitrogens with one attached hydrogen (secondary N) is 2. The number of amides is 1. The number of ether oxygens (including phenoxy) is 1. The highest BCUT2D eigenvalue weighted by Crippen LogP contribution is 2.35. The summed E-state index contributed by atoms with van der Waals surface area (Å²) in [4.78, 5) is 20.2. The number of alkyl halides is 3. The quantitative estimate of drug-likeness (QED) is 0.673. The summed E-state index contributed by atoms with van der Waals surface area (Å²) in [5.74, 6) is 0.143. The summed E-state index contributed by atoms with van der Waals surface area (Å²) in [6.07, 6.45) is -2.14. The van der Waals surface area contributed by atoms with E-state index in [0.717, 1.165) is 6.07 Å². The van der Waals surface area contributed by atoms with Crippen molar-refractivity contribution in [3.8, 4) is 5.75 Å². The fraction of sp³-hybridized carbons (Fsp3) is 0.105. The van der Waals surface area contributed by atoms with Crippen LogP contribution < -0.4 is 15.4 Å². The number of anilines is 3. The standard InChI is InChI=1S/C19H15F3N4O2/c1-28-13-6-4-5-12(9-13)25-18(27)16-10-24-17(11-23-16)26-15-8-3-2-7-14(15)19(20,21)22/h2-11H,1H3,(H,24,26)(H,25,27). The highest BCUT2D eigenvalue weighted by Gasteiger charge is 2.33. The van der Waals surface area contributed by atoms with Gasteiger partial charge in [0.25, 0.3) is 5.91 Å². The molecule has 0 saturated heterocycles. The number of nitrogens with zero attached hydrogens (tertiary/aromatic N) is 2. The number of hydrogen-bond donors (Lipinski definition) is 2. The largest absolute Gasteiger partial charge is 0.497 e. The van der Waals surface area contributed by atoms with Crippen LogP contribution in [0.5, 0.6) is 5.75 Å². The van der Waals surface area contributed by atoms with Gasteiger partial charge in [0.1, 0.15) is 17.3 Å². The zero-order chi connectivity index (χ0) is 20.1. The summed E-state index contributed by atoms with van der Waals surface area (Å²) < 4.78 is 44.2. The maximum atomic E-state index is 13.0. The molecule has 0 aliphatic carbocycles. The third kappa shape index (κ3) is 4.56. The first-order chi connectivity index (χ1) is 13.4. The third-order valence-corrected chi connectivity index (χ3v) is 3.71. The second kappa shape index (κ2) is 7.95. The summed E-state index contributed by atoms with van der Waals surface area (Å²) in [6, 6.07) is 11.8. The van der Waals surface area contributed by atoms with Crippen molar-refractivity contribution in [1.29, 1.82) is 0 Å². The molecule has 3 aromatic rings. The summed E-state index contributed by atoms with van der Waals surface area (Å²) in [5, 5.41) is 5.21. The lowest BCUT2D eigenvalue weighted by Crippen LogP contribution is -2.14. The van der Waals surface area contributed by atoms with Gasteiger partial charge in [0.2, 0.25) is 0 Å². The first kappa shape index (κ1) is 19.2. The molecule has 1 aromatic heterocycles. The van der Waals surface area contributed by atoms with Gasteiger partial charge in [0.15, 0.2) is 0 Å². The molecule has 0 aliphatic heterocycles. The van der Waals surface area contributed by atoms with Crippen LogP contribution >= 0.6 is 0 Å². The van der Waals surface area contributed by atoms with Crippen molar-refractivity contribution < 1.29 is 22.7 Å². The summed E-state index contributed by atoms with van der Waals surface area (Å²) in [6.45, 7) is 0. The van der Waals surface area contributed by atoms with Crippen molar-refractivity contribution in [2.45, 2.75) is 6.18 Å². The Morgan fingerprint density at radius 3 is 2.50 bits per heavy atom. The monoisotopic (exact) mass is 388 g/mol. The van der Waals surface area contributed by atoms with Gasteiger partial charge in [0.05, 0.1) is 30.8 Å². The van der Waals surface area contributed by atoms with Crippen LogP contribution in [0.1, 0.15) is 16.1 Å². The van der Waals surface area contributed by atoms with Crippen molar-refractivity contribution >= 4 is 23.1 Å². The molecule has 1 amide bonds. The Bertz CT molecular complexity index is 975. The Hall–Kier alpha value is -3.62. The molecule has 0 atom stereocenters. The molecule has 2 aromatic carbocycles. The van der Waals surface area contributed by atoms with Gasteiger partial charge >= 0.3 is 6.18 Å². The van der Waals surface area contributed by atoms with Crippen LogP contribution in [0, 0.1) is 0 Å². The summed E-state index contributed by atoms with van der Waals surface area (Å²) in [7, 11) is 1.51. The van der Waals surface area contributed by atoms with E-state index in [2.05, 4.69) is 20.6 Å². The van der Waals surface area contributed by atoms with Crippen LogP contribution in [-0.4, -0.2) is 23.0 Å². The zero-order valence-electron chi connectivity index (χ0n) is 14.6. The van der Waals surface area contributed by atoms with Gasteiger partial charge < -0.3 is 15.4 Å². The van der Waals surface area contributed by atoms with Crippen LogP contribution in [0.15, 0.2) is 60.9 Å². The van der Waals surface area contributed by atoms with Crippen LogP contribution in [0.3, 0.4) is 0 Å². The molecule has 6 nitrogen and oxygen atoms in total. The van der Waals surface area contributed by atoms with Crippen molar-refractivity contribution in [3.05, 3.63) is 72.2 Å². The Morgan fingerprint density at radius 1 is 1.04 bits per heavy atom. The van der Waals surface area contributed by atoms with Crippen molar-refractivity contribution in [2.24, 2.45) is 0 Å². The second-order valence-corrected chi connectivity index (χ2v) is 5.64. The lowest BCUT2D eigenvalue weighted by atomic mass is 10.1. The Labute approximate surface area is 158 Å². The molecule has 0 bridgehead atoms. The number of carbonyl (C=O) groups excluding carboxylic acids is 1. The molecule has 28 heavy (non-hydrogen) atoms. The van der Waals surface area contributed by atoms with E-state index in [9.17, 15) is 18.0 Å². The highest BCUT2D eigenvalue weighted by atomic mass is 19.4. The molecule has 3 rings (SSSR count). The minimum absolute atomic E-state index is 0.0116. The van der Waals surface area contributed by atoms with Gasteiger partial charge in [-0.2, -0.15) is 13.2 Å². The topological polar surface area (TPSA) is 76.1 Å². The molecule has 1 heterocycles. The molecule has 144 valence electrons. The van der Waals surface area contributed by atoms with Crippen LogP contribution in [0.2, 0.25) is 0 Å². The molecular weight excluding hydrogens is 373 g/mol. The predicted octanol–water partition coefficient (Wildman–Crippen LogP) is 4.50. The average Bonchev–Trinajstić information content (AvgIpc) is 2.68. The molecule has 0 spiro atoms. The normalized spacial score (nSPS) is 11.0. The van der Waals surface area contributed by atoms with Crippen LogP contribution in [0.4, 0.5) is 30.4 Å². The van der Waals surface area contributed by atoms with Gasteiger partial charge in [-0.3, -0.25) is 4.79 Å². The van der Waals surface area contributed by atoms with Gasteiger partial charge in [-0.05, 0) is 24.3 Å². The average molecular weight is 388 g/mol. The first-order valence-corrected chi connectivity index (χ1v) is 8.07. The number of aromatic nitrogens is 2. The zero-order valence-corrected chi connectivity index (χ0v) is 14.6. The minimum atomic E-state index is -4.51. The van der Waals surface area contributed by atoms with E-state index < -0.39 is 17.6 Å². The minimum Gasteiger partial charge on any atom is -0.497 e. The van der Waals surface area contributed by atoms with E-state index in [1.807, 2.05) is 0 Å². The second-order valence-electron chi connectivity index (χ2n) is 5.64. The van der Waals surface area contributed by atoms with Crippen molar-refractivity contribution in [3.63, 3.8) is 0 Å². The molecule has 0 aliphatic rings. The molecule has 0 saturated carbocycles. The first-order valence-electron chi connectivity index (χ1n) is 8.07. The van der Waals surface area contributed by atoms with Gasteiger partial charge in [-0.15, -0.1) is 0 Å². The highest BCUT2D eigenvalue weighted by molar-refractivity contribution is 6.02. The smallest absolute Gasteiger partial charge is 0.418 e. The number of halogens is 3. The molecule has 2 N–H and O–H groups in total. The van der Waals surface area contributed by atoms with Gasteiger partial charge in [-0.1, -0.05) is 18.2 Å². The Kier molecular flexibility index (Phi) is 5.44. The molecule has 9 heteroatoms. The number of carbonyl (C=O) groups is 1. The van der Waals surface area contributed by atoms with E-state index in [-0.39, 0.29) is 17.2 Å². The van der Waals surface area contributed by atoms with Gasteiger partial charge in [-0.25, -0.2) is 9.97 Å². The number of rotatable bonds is 5. The number of hydrogen-bond acceptors (Lipinski definition) is 5. The molecule has 0 unspecified atom stereocenters. The summed E-state index contributed by atoms with van der Waals surface area (Å²) in [5.41, 5.74) is -0.459. The number of methoxy groups -OCH3 is 1. The Morgan fingerprint density at radius 2 is 1.82 bits per heavy atom. The molecule has 0 fully saturated rings. The van der Waals surface area contributed by atoms with E-state index >= 15 is 0 Å². The maximum absolute atomic E-state index is 13.0. The predicted molar refractivity (Wildman–Crippen MR) is 97.7 cm³/mol. The fourth-order valence-electron chi connectivity index (χ4n) is 2.38. The third-order valence-electron chi connectivity index (χ3n) is 3.71. The lowest BCUT2D eigenvalue weighted by molar-refractivity contribution is -0.136. The maximum Gasteiger partial charge on any atom is 0.418 e. The van der Waals surface area contributed by atoms with E-state index in [1.165, 1.54) is 37.7 Å². The van der Waals surface area contributed by atoms with E-state index in [0.29, 0.717) is 11.4 Å². The lowest BCUT2D eigenvalue weighted by Gasteiger charge is -2.13. The van der Waals surface area contributed by atoms with Gasteiger partial charge in [0, 0.05) is 11.8 Å². The fourth-order valence-corrected chi connectivity index (χ4v) is 2.38. The number of para-hydroxylation sites is 1.